The molecule has 2 aromatic rings. The maximum atomic E-state index is 11.3. The summed E-state index contributed by atoms with van der Waals surface area (Å²) >= 11 is 0. The fourth-order valence-corrected chi connectivity index (χ4v) is 1.13. The number of nitrogens with zero attached hydrogens (tertiary/aromatic N) is 1. The highest BCUT2D eigenvalue weighted by molar-refractivity contribution is 5.77. The summed E-state index contributed by atoms with van der Waals surface area (Å²) < 4.78 is 4.86. The molecule has 0 saturated heterocycles. The number of benzene rings is 1. The van der Waals surface area contributed by atoms with Gasteiger partial charge in [0.15, 0.2) is 0 Å². The third kappa shape index (κ3) is 3.90. The minimum Gasteiger partial charge on any atom is -0.389 e. The molecule has 0 atom stereocenters. The van der Waals surface area contributed by atoms with Crippen LogP contribution in [0.2, 0.25) is 0 Å². The average Bonchev–Trinajstić information content (AvgIpc) is 2.43. The van der Waals surface area contributed by atoms with Crippen LogP contribution in [0, 0.1) is 0 Å². The van der Waals surface area contributed by atoms with Crippen molar-refractivity contribution in [1.29, 1.82) is 0 Å². The number of hydrogen-bond donors (Lipinski definition) is 1. The maximum absolute atomic E-state index is 11.3. The fraction of sp³-hybridized carbons (Fsp3) is 0.385. The quantitative estimate of drug-likeness (QED) is 0.825. The highest BCUT2D eigenvalue weighted by Gasteiger charge is 2.02. The number of aromatic nitrogens is 1. The van der Waals surface area contributed by atoms with Crippen molar-refractivity contribution in [1.82, 2.24) is 4.98 Å². The van der Waals surface area contributed by atoms with Crippen molar-refractivity contribution in [2.24, 2.45) is 0 Å². The Morgan fingerprint density at radius 1 is 1.12 bits per heavy atom. The number of anilines is 1. The number of para-hydroxylation sites is 1. The third-order valence-electron chi connectivity index (χ3n) is 1.75. The Labute approximate surface area is 102 Å². The average molecular weight is 236 g/mol. The van der Waals surface area contributed by atoms with Crippen molar-refractivity contribution in [3.8, 4) is 0 Å². The predicted molar refractivity (Wildman–Crippen MR) is 72.5 cm³/mol. The van der Waals surface area contributed by atoms with Gasteiger partial charge in [0.05, 0.1) is 10.9 Å². The molecule has 1 heterocycles. The molecular formula is C13H20N2O2. The predicted octanol–water partition coefficient (Wildman–Crippen LogP) is 3.28. The molecule has 0 spiro atoms. The Morgan fingerprint density at radius 2 is 1.71 bits per heavy atom. The van der Waals surface area contributed by atoms with E-state index in [0.717, 1.165) is 0 Å². The van der Waals surface area contributed by atoms with Crippen LogP contribution >= 0.6 is 0 Å². The van der Waals surface area contributed by atoms with Gasteiger partial charge in [-0.3, -0.25) is 0 Å². The van der Waals surface area contributed by atoms with E-state index in [1.807, 2.05) is 33.8 Å². The second kappa shape index (κ2) is 8.33. The van der Waals surface area contributed by atoms with Gasteiger partial charge in [-0.15, -0.1) is 0 Å². The first-order chi connectivity index (χ1) is 8.31. The second-order valence-corrected chi connectivity index (χ2v) is 2.57. The summed E-state index contributed by atoms with van der Waals surface area (Å²) in [6.07, 6.45) is 0. The molecule has 0 aliphatic heterocycles. The Balaban J connectivity index is 0.000000581. The highest BCUT2D eigenvalue weighted by Crippen LogP contribution is 2.08. The van der Waals surface area contributed by atoms with Crippen LogP contribution in [-0.2, 0) is 0 Å². The van der Waals surface area contributed by atoms with Crippen molar-refractivity contribution in [3.63, 3.8) is 0 Å². The maximum Gasteiger partial charge on any atom is 0.348 e. The molecule has 4 heteroatoms. The molecule has 4 nitrogen and oxygen atoms in total. The lowest BCUT2D eigenvalue weighted by atomic mass is 10.2. The molecule has 0 saturated carbocycles. The van der Waals surface area contributed by atoms with Gasteiger partial charge in [0.1, 0.15) is 0 Å². The lowest BCUT2D eigenvalue weighted by Gasteiger charge is -1.98. The van der Waals surface area contributed by atoms with Crippen molar-refractivity contribution in [2.75, 3.05) is 12.4 Å². The fourth-order valence-electron chi connectivity index (χ4n) is 1.13. The third-order valence-corrected chi connectivity index (χ3v) is 1.75. The second-order valence-electron chi connectivity index (χ2n) is 2.57. The Hall–Kier alpha value is -1.84. The molecule has 0 bridgehead atoms. The van der Waals surface area contributed by atoms with Gasteiger partial charge in [-0.1, -0.05) is 39.8 Å². The van der Waals surface area contributed by atoms with Crippen LogP contribution in [0.5, 0.6) is 0 Å². The first kappa shape index (κ1) is 15.2. The van der Waals surface area contributed by atoms with E-state index in [2.05, 4.69) is 10.3 Å². The Morgan fingerprint density at radius 3 is 2.29 bits per heavy atom. The van der Waals surface area contributed by atoms with Gasteiger partial charge in [-0.25, -0.2) is 4.79 Å². The van der Waals surface area contributed by atoms with E-state index in [9.17, 15) is 4.79 Å². The van der Waals surface area contributed by atoms with Gasteiger partial charge in [-0.2, -0.15) is 4.98 Å². The Bertz CT molecular complexity index is 492. The van der Waals surface area contributed by atoms with Gasteiger partial charge in [0.25, 0.3) is 6.01 Å². The van der Waals surface area contributed by atoms with Crippen molar-refractivity contribution >= 4 is 16.9 Å². The van der Waals surface area contributed by atoms with Crippen LogP contribution in [0.15, 0.2) is 33.5 Å². The van der Waals surface area contributed by atoms with Crippen molar-refractivity contribution in [2.45, 2.75) is 27.7 Å². The van der Waals surface area contributed by atoms with Gasteiger partial charge in [0.2, 0.25) is 0 Å². The Kier molecular flexibility index (Phi) is 7.43. The molecule has 0 radical (unpaired) electrons. The van der Waals surface area contributed by atoms with Gasteiger partial charge in [-0.05, 0) is 12.1 Å². The first-order valence-corrected chi connectivity index (χ1v) is 5.89. The van der Waals surface area contributed by atoms with Crippen molar-refractivity contribution < 1.29 is 4.42 Å². The van der Waals surface area contributed by atoms with E-state index in [-0.39, 0.29) is 11.6 Å². The lowest BCUT2D eigenvalue weighted by Crippen LogP contribution is -2.04. The first-order valence-electron chi connectivity index (χ1n) is 5.89. The summed E-state index contributed by atoms with van der Waals surface area (Å²) in [7, 11) is 1.65. The zero-order chi connectivity index (χ0) is 13.3. The smallest absolute Gasteiger partial charge is 0.348 e. The largest absolute Gasteiger partial charge is 0.389 e. The molecular weight excluding hydrogens is 216 g/mol. The van der Waals surface area contributed by atoms with Gasteiger partial charge >= 0.3 is 5.63 Å². The SMILES string of the molecule is CC.CC.CNc1nc2ccccc2c(=O)o1. The molecule has 94 valence electrons. The van der Waals surface area contributed by atoms with Crippen LogP contribution in [-0.4, -0.2) is 12.0 Å². The van der Waals surface area contributed by atoms with Crippen LogP contribution < -0.4 is 10.9 Å². The van der Waals surface area contributed by atoms with E-state index < -0.39 is 0 Å². The molecule has 0 aliphatic rings. The summed E-state index contributed by atoms with van der Waals surface area (Å²) in [6, 6.07) is 7.30. The molecule has 0 fully saturated rings. The van der Waals surface area contributed by atoms with E-state index >= 15 is 0 Å². The number of hydrogen-bond acceptors (Lipinski definition) is 4. The molecule has 0 aliphatic carbocycles. The number of fused-ring (bicyclic) bond motifs is 1. The molecule has 1 N–H and O–H groups in total. The van der Waals surface area contributed by atoms with Gasteiger partial charge < -0.3 is 9.73 Å². The minimum absolute atomic E-state index is 0.240. The molecule has 0 unspecified atom stereocenters. The van der Waals surface area contributed by atoms with E-state index in [4.69, 9.17) is 4.42 Å². The highest BCUT2D eigenvalue weighted by atomic mass is 16.4. The van der Waals surface area contributed by atoms with Crippen LogP contribution in [0.4, 0.5) is 6.01 Å². The van der Waals surface area contributed by atoms with Crippen LogP contribution in [0.25, 0.3) is 10.9 Å². The van der Waals surface area contributed by atoms with Crippen LogP contribution in [0.1, 0.15) is 27.7 Å². The van der Waals surface area contributed by atoms with Crippen LogP contribution in [0.3, 0.4) is 0 Å². The van der Waals surface area contributed by atoms with E-state index in [1.165, 1.54) is 0 Å². The number of rotatable bonds is 1. The molecule has 1 aromatic heterocycles. The zero-order valence-electron chi connectivity index (χ0n) is 11.1. The summed E-state index contributed by atoms with van der Waals surface area (Å²) in [4.78, 5) is 15.4. The van der Waals surface area contributed by atoms with Crippen molar-refractivity contribution in [3.05, 3.63) is 34.7 Å². The molecule has 1 aromatic carbocycles. The summed E-state index contributed by atoms with van der Waals surface area (Å²) in [5.41, 5.74) is 0.276. The topological polar surface area (TPSA) is 55.1 Å². The molecule has 0 amide bonds. The normalized spacial score (nSPS) is 8.53. The zero-order valence-corrected chi connectivity index (χ0v) is 11.1. The minimum atomic E-state index is -0.366. The summed E-state index contributed by atoms with van der Waals surface area (Å²) in [5, 5.41) is 3.18. The lowest BCUT2D eigenvalue weighted by molar-refractivity contribution is 0.520. The number of nitrogens with one attached hydrogen (secondary N) is 1. The molecule has 2 rings (SSSR count). The monoisotopic (exact) mass is 236 g/mol. The standard InChI is InChI=1S/C9H8N2O2.2C2H6/c1-10-9-11-7-5-3-2-4-6(7)8(12)13-9;2*1-2/h2-5H,1H3,(H,10,11);2*1-2H3. The van der Waals surface area contributed by atoms with E-state index in [1.54, 1.807) is 25.2 Å². The molecule has 17 heavy (non-hydrogen) atoms. The van der Waals surface area contributed by atoms with E-state index in [0.29, 0.717) is 10.9 Å². The van der Waals surface area contributed by atoms with Gasteiger partial charge in [0, 0.05) is 7.05 Å². The summed E-state index contributed by atoms with van der Waals surface area (Å²) in [6.45, 7) is 8.00. The summed E-state index contributed by atoms with van der Waals surface area (Å²) in [5.74, 6) is 0.